The third-order valence-electron chi connectivity index (χ3n) is 7.12. The molecule has 164 valence electrons. The zero-order valence-corrected chi connectivity index (χ0v) is 18.4. The Bertz CT molecular complexity index is 1040. The summed E-state index contributed by atoms with van der Waals surface area (Å²) in [4.78, 5) is 21.0. The maximum atomic E-state index is 12.5. The Balaban J connectivity index is 1.28. The van der Waals surface area contributed by atoms with Crippen LogP contribution in [0.15, 0.2) is 17.3 Å². The lowest BCUT2D eigenvalue weighted by Gasteiger charge is -2.41. The van der Waals surface area contributed by atoms with Crippen LogP contribution in [0.1, 0.15) is 43.8 Å². The summed E-state index contributed by atoms with van der Waals surface area (Å²) in [5.41, 5.74) is -0.396. The van der Waals surface area contributed by atoms with Gasteiger partial charge in [-0.15, -0.1) is 0 Å². The average Bonchev–Trinajstić information content (AvgIpc) is 3.45. The van der Waals surface area contributed by atoms with Crippen LogP contribution in [0.5, 0.6) is 5.88 Å². The smallest absolute Gasteiger partial charge is 0.238 e. The lowest BCUT2D eigenvalue weighted by molar-refractivity contribution is 0.143. The maximum Gasteiger partial charge on any atom is 0.238 e. The first-order valence-corrected chi connectivity index (χ1v) is 12.3. The van der Waals surface area contributed by atoms with E-state index >= 15 is 0 Å². The standard InChI is InChI=1S/C20H23ClN6O3S/c21-12-6-22-16(23-7-12)14-5-13-4-11(14)8-27(13)19-24-17(26-20(9-28)2-1-3-20)15-18(25-19)30-10-31(15)29/h6-7,11,13-14,28H,1-5,8-10H2,(H,24,25,26)/t11?,13?,14?,31-/m0/s1. The molecule has 9 nitrogen and oxygen atoms in total. The van der Waals surface area contributed by atoms with E-state index in [0.29, 0.717) is 45.4 Å². The molecule has 3 fully saturated rings. The molecular formula is C20H23ClN6O3S. The maximum absolute atomic E-state index is 12.5. The number of hydrogen-bond donors (Lipinski definition) is 2. The minimum Gasteiger partial charge on any atom is -0.463 e. The third-order valence-corrected chi connectivity index (χ3v) is 8.47. The number of ether oxygens (including phenoxy) is 1. The summed E-state index contributed by atoms with van der Waals surface area (Å²) in [6.45, 7) is 0.833. The van der Waals surface area contributed by atoms with E-state index in [1.807, 2.05) is 0 Å². The lowest BCUT2D eigenvalue weighted by Crippen LogP contribution is -2.48. The molecule has 0 aromatic carbocycles. The number of rotatable bonds is 5. The minimum absolute atomic E-state index is 0.0196. The molecule has 2 bridgehead atoms. The van der Waals surface area contributed by atoms with E-state index in [9.17, 15) is 9.32 Å². The molecule has 0 spiro atoms. The summed E-state index contributed by atoms with van der Waals surface area (Å²) >= 11 is 5.94. The van der Waals surface area contributed by atoms with Gasteiger partial charge in [-0.25, -0.2) is 9.97 Å². The molecule has 11 heteroatoms. The summed E-state index contributed by atoms with van der Waals surface area (Å²) in [6.07, 6.45) is 8.06. The van der Waals surface area contributed by atoms with Gasteiger partial charge in [-0.2, -0.15) is 9.97 Å². The second kappa shape index (κ2) is 7.25. The molecule has 2 aliphatic carbocycles. The van der Waals surface area contributed by atoms with Crippen molar-refractivity contribution in [1.82, 2.24) is 19.9 Å². The minimum atomic E-state index is -1.31. The number of aliphatic hydroxyl groups is 1. The quantitative estimate of drug-likeness (QED) is 0.689. The molecule has 4 aliphatic rings. The Hall–Kier alpha value is -2.04. The van der Waals surface area contributed by atoms with Crippen molar-refractivity contribution in [3.8, 4) is 5.88 Å². The van der Waals surface area contributed by atoms with Crippen LogP contribution in [0.4, 0.5) is 11.8 Å². The largest absolute Gasteiger partial charge is 0.463 e. The van der Waals surface area contributed by atoms with Gasteiger partial charge >= 0.3 is 0 Å². The summed E-state index contributed by atoms with van der Waals surface area (Å²) in [6, 6.07) is 0.294. The molecule has 0 radical (unpaired) electrons. The van der Waals surface area contributed by atoms with Gasteiger partial charge in [0.2, 0.25) is 11.8 Å². The van der Waals surface area contributed by atoms with Crippen molar-refractivity contribution in [1.29, 1.82) is 0 Å². The van der Waals surface area contributed by atoms with E-state index in [1.54, 1.807) is 12.4 Å². The number of halogens is 1. The van der Waals surface area contributed by atoms with Gasteiger partial charge in [0, 0.05) is 30.9 Å². The van der Waals surface area contributed by atoms with Gasteiger partial charge in [-0.1, -0.05) is 11.6 Å². The molecule has 2 N–H and O–H groups in total. The highest BCUT2D eigenvalue weighted by atomic mass is 35.5. The predicted octanol–water partition coefficient (Wildman–Crippen LogP) is 2.09. The molecule has 4 atom stereocenters. The topological polar surface area (TPSA) is 113 Å². The second-order valence-corrected chi connectivity index (χ2v) is 10.7. The molecular weight excluding hydrogens is 440 g/mol. The number of aliphatic hydroxyl groups excluding tert-OH is 1. The fraction of sp³-hybridized carbons (Fsp3) is 0.600. The van der Waals surface area contributed by atoms with Gasteiger partial charge < -0.3 is 20.1 Å². The summed E-state index contributed by atoms with van der Waals surface area (Å²) in [5, 5.41) is 13.8. The monoisotopic (exact) mass is 462 g/mol. The zero-order valence-electron chi connectivity index (χ0n) is 16.8. The molecule has 2 aliphatic heterocycles. The lowest BCUT2D eigenvalue weighted by atomic mass is 9.77. The Kier molecular flexibility index (Phi) is 4.59. The van der Waals surface area contributed by atoms with E-state index < -0.39 is 16.3 Å². The number of fused-ring (bicyclic) bond motifs is 3. The number of hydrogen-bond acceptors (Lipinski definition) is 9. The molecule has 2 aromatic rings. The Morgan fingerprint density at radius 1 is 1.29 bits per heavy atom. The van der Waals surface area contributed by atoms with Crippen molar-refractivity contribution in [3.05, 3.63) is 23.2 Å². The molecule has 3 unspecified atom stereocenters. The highest BCUT2D eigenvalue weighted by Gasteiger charge is 2.48. The van der Waals surface area contributed by atoms with Crippen molar-refractivity contribution in [2.45, 2.75) is 54.5 Å². The van der Waals surface area contributed by atoms with Crippen LogP contribution in [0.25, 0.3) is 0 Å². The van der Waals surface area contributed by atoms with Crippen LogP contribution < -0.4 is 15.0 Å². The first-order valence-electron chi connectivity index (χ1n) is 10.6. The number of anilines is 2. The van der Waals surface area contributed by atoms with Gasteiger partial charge in [-0.3, -0.25) is 4.21 Å². The third kappa shape index (κ3) is 3.18. The first kappa shape index (κ1) is 19.6. The molecule has 2 aromatic heterocycles. The van der Waals surface area contributed by atoms with Crippen molar-refractivity contribution >= 4 is 34.2 Å². The highest BCUT2D eigenvalue weighted by Crippen LogP contribution is 2.48. The van der Waals surface area contributed by atoms with Gasteiger partial charge in [0.1, 0.15) is 21.5 Å². The molecule has 2 saturated carbocycles. The van der Waals surface area contributed by atoms with Gasteiger partial charge in [0.25, 0.3) is 0 Å². The Morgan fingerprint density at radius 3 is 2.74 bits per heavy atom. The fourth-order valence-corrected chi connectivity index (χ4v) is 6.35. The van der Waals surface area contributed by atoms with E-state index in [2.05, 4.69) is 25.2 Å². The molecule has 6 rings (SSSR count). The van der Waals surface area contributed by atoms with Crippen molar-refractivity contribution in [3.63, 3.8) is 0 Å². The van der Waals surface area contributed by atoms with Crippen molar-refractivity contribution in [2.24, 2.45) is 5.92 Å². The summed E-state index contributed by atoms with van der Waals surface area (Å²) < 4.78 is 18.1. The van der Waals surface area contributed by atoms with Crippen LogP contribution in [-0.4, -0.2) is 59.9 Å². The molecule has 31 heavy (non-hydrogen) atoms. The molecule has 4 heterocycles. The second-order valence-electron chi connectivity index (χ2n) is 8.93. The van der Waals surface area contributed by atoms with Crippen LogP contribution >= 0.6 is 11.6 Å². The zero-order chi connectivity index (χ0) is 21.2. The van der Waals surface area contributed by atoms with Gasteiger partial charge in [0.15, 0.2) is 11.8 Å². The fourth-order valence-electron chi connectivity index (χ4n) is 5.31. The van der Waals surface area contributed by atoms with Crippen molar-refractivity contribution in [2.75, 3.05) is 29.3 Å². The van der Waals surface area contributed by atoms with E-state index in [1.165, 1.54) is 0 Å². The van der Waals surface area contributed by atoms with Crippen molar-refractivity contribution < 1.29 is 14.1 Å². The summed E-state index contributed by atoms with van der Waals surface area (Å²) in [5.74, 6) is 3.18. The van der Waals surface area contributed by atoms with E-state index in [0.717, 1.165) is 44.5 Å². The highest BCUT2D eigenvalue weighted by molar-refractivity contribution is 7.85. The number of piperidine rings is 1. The normalized spacial score (nSPS) is 30.1. The van der Waals surface area contributed by atoms with Crippen LogP contribution in [0, 0.1) is 5.92 Å². The van der Waals surface area contributed by atoms with Crippen LogP contribution in [0.3, 0.4) is 0 Å². The van der Waals surface area contributed by atoms with Gasteiger partial charge in [0.05, 0.1) is 17.2 Å². The Morgan fingerprint density at radius 2 is 2.10 bits per heavy atom. The SMILES string of the molecule is O=[S@]1COc2nc(N3CC4CC3CC4c3ncc(Cl)cn3)nc(NC3(CO)CCC3)c21. The van der Waals surface area contributed by atoms with Crippen LogP contribution in [-0.2, 0) is 10.8 Å². The number of nitrogens with zero attached hydrogens (tertiary/aromatic N) is 5. The van der Waals surface area contributed by atoms with E-state index in [-0.39, 0.29) is 12.5 Å². The number of aromatic nitrogens is 4. The molecule has 0 amide bonds. The Labute approximate surface area is 187 Å². The summed E-state index contributed by atoms with van der Waals surface area (Å²) in [7, 11) is -1.31. The van der Waals surface area contributed by atoms with Gasteiger partial charge in [-0.05, 0) is 38.0 Å². The first-order chi connectivity index (χ1) is 15.0. The molecule has 1 saturated heterocycles. The predicted molar refractivity (Wildman–Crippen MR) is 115 cm³/mol. The average molecular weight is 463 g/mol. The van der Waals surface area contributed by atoms with E-state index in [4.69, 9.17) is 21.3 Å². The van der Waals surface area contributed by atoms with Crippen LogP contribution in [0.2, 0.25) is 5.02 Å². The number of nitrogens with one attached hydrogen (secondary N) is 1.